The van der Waals surface area contributed by atoms with Crippen LogP contribution in [0.25, 0.3) is 0 Å². The number of dihydropyridines is 1. The van der Waals surface area contributed by atoms with Gasteiger partial charge in [0.25, 0.3) is 5.69 Å². The standard InChI is InChI=1S/C16H19N3O3/c1-15(2)11-18(16(3)8-4-5-9-17-16)13-10-12(19(20)21)6-7-14(13)22-15/h4-10,17H,11H2,1-3H3. The second-order valence-electron chi connectivity index (χ2n) is 6.37. The van der Waals surface area contributed by atoms with Crippen LogP contribution in [0, 0.1) is 10.1 Å². The van der Waals surface area contributed by atoms with Crippen molar-refractivity contribution in [2.45, 2.75) is 32.0 Å². The first-order valence-electron chi connectivity index (χ1n) is 7.18. The smallest absolute Gasteiger partial charge is 0.271 e. The predicted octanol–water partition coefficient (Wildman–Crippen LogP) is 2.96. The summed E-state index contributed by atoms with van der Waals surface area (Å²) in [5.74, 6) is 0.660. The maximum atomic E-state index is 11.1. The third kappa shape index (κ3) is 2.41. The van der Waals surface area contributed by atoms with Gasteiger partial charge in [0, 0.05) is 12.1 Å². The first kappa shape index (κ1) is 14.4. The Balaban J connectivity index is 2.11. The molecule has 2 aliphatic heterocycles. The zero-order valence-corrected chi connectivity index (χ0v) is 12.9. The van der Waals surface area contributed by atoms with Gasteiger partial charge < -0.3 is 15.0 Å². The molecule has 1 aromatic rings. The number of allylic oxidation sites excluding steroid dienone is 2. The van der Waals surface area contributed by atoms with Gasteiger partial charge in [0.2, 0.25) is 0 Å². The van der Waals surface area contributed by atoms with E-state index in [0.717, 1.165) is 5.69 Å². The largest absolute Gasteiger partial charge is 0.484 e. The summed E-state index contributed by atoms with van der Waals surface area (Å²) in [6.45, 7) is 6.67. The zero-order valence-electron chi connectivity index (χ0n) is 12.9. The molecule has 3 rings (SSSR count). The number of non-ortho nitro benzene ring substituents is 1. The topological polar surface area (TPSA) is 67.6 Å². The normalized spacial score (nSPS) is 25.1. The van der Waals surface area contributed by atoms with Crippen molar-refractivity contribution in [2.24, 2.45) is 0 Å². The Hall–Kier alpha value is -2.50. The van der Waals surface area contributed by atoms with Crippen LogP contribution in [0.3, 0.4) is 0 Å². The number of fused-ring (bicyclic) bond motifs is 1. The van der Waals surface area contributed by atoms with E-state index in [9.17, 15) is 10.1 Å². The lowest BCUT2D eigenvalue weighted by Crippen LogP contribution is -2.61. The SMILES string of the molecule is CC1(C)CN(C2(C)C=CC=CN2)c2cc([N+](=O)[O-])ccc2O1. The molecule has 2 aliphatic rings. The number of nitro groups is 1. The molecule has 0 fully saturated rings. The lowest BCUT2D eigenvalue weighted by atomic mass is 9.99. The van der Waals surface area contributed by atoms with E-state index in [2.05, 4.69) is 10.2 Å². The first-order chi connectivity index (χ1) is 10.3. The number of nitrogens with one attached hydrogen (secondary N) is 1. The summed E-state index contributed by atoms with van der Waals surface area (Å²) < 4.78 is 5.99. The number of rotatable bonds is 2. The van der Waals surface area contributed by atoms with E-state index in [-0.39, 0.29) is 16.2 Å². The molecule has 0 saturated carbocycles. The highest BCUT2D eigenvalue weighted by atomic mass is 16.6. The molecule has 0 radical (unpaired) electrons. The van der Waals surface area contributed by atoms with Gasteiger partial charge in [-0.25, -0.2) is 0 Å². The van der Waals surface area contributed by atoms with Crippen LogP contribution in [-0.2, 0) is 0 Å². The fourth-order valence-electron chi connectivity index (χ4n) is 2.86. The van der Waals surface area contributed by atoms with E-state index < -0.39 is 5.66 Å². The average molecular weight is 301 g/mol. The van der Waals surface area contributed by atoms with Gasteiger partial charge in [0.05, 0.1) is 17.2 Å². The maximum Gasteiger partial charge on any atom is 0.271 e. The summed E-state index contributed by atoms with van der Waals surface area (Å²) in [6.07, 6.45) is 7.80. The highest BCUT2D eigenvalue weighted by Crippen LogP contribution is 2.42. The average Bonchev–Trinajstić information content (AvgIpc) is 2.45. The van der Waals surface area contributed by atoms with Crippen molar-refractivity contribution in [1.29, 1.82) is 0 Å². The minimum absolute atomic E-state index is 0.0611. The van der Waals surface area contributed by atoms with Gasteiger partial charge in [0.1, 0.15) is 17.0 Å². The third-order valence-corrected chi connectivity index (χ3v) is 3.93. The Morgan fingerprint density at radius 3 is 2.73 bits per heavy atom. The van der Waals surface area contributed by atoms with E-state index in [1.54, 1.807) is 12.1 Å². The van der Waals surface area contributed by atoms with Gasteiger partial charge in [-0.3, -0.25) is 10.1 Å². The Labute approximate surface area is 129 Å². The molecular formula is C16H19N3O3. The second kappa shape index (κ2) is 4.76. The molecule has 0 aliphatic carbocycles. The van der Waals surface area contributed by atoms with Gasteiger partial charge in [-0.2, -0.15) is 0 Å². The van der Waals surface area contributed by atoms with Crippen molar-refractivity contribution in [3.8, 4) is 5.75 Å². The summed E-state index contributed by atoms with van der Waals surface area (Å²) in [5, 5.41) is 14.4. The first-order valence-corrected chi connectivity index (χ1v) is 7.18. The Morgan fingerprint density at radius 2 is 2.09 bits per heavy atom. The molecule has 0 bridgehead atoms. The van der Waals surface area contributed by atoms with Gasteiger partial charge in [-0.15, -0.1) is 0 Å². The van der Waals surface area contributed by atoms with Crippen molar-refractivity contribution in [2.75, 3.05) is 11.4 Å². The number of ether oxygens (including phenoxy) is 1. The highest BCUT2D eigenvalue weighted by molar-refractivity contribution is 5.67. The van der Waals surface area contributed by atoms with Gasteiger partial charge >= 0.3 is 0 Å². The second-order valence-corrected chi connectivity index (χ2v) is 6.37. The fourth-order valence-corrected chi connectivity index (χ4v) is 2.86. The molecule has 116 valence electrons. The highest BCUT2D eigenvalue weighted by Gasteiger charge is 2.40. The quantitative estimate of drug-likeness (QED) is 0.672. The number of nitrogens with zero attached hydrogens (tertiary/aromatic N) is 2. The molecular weight excluding hydrogens is 282 g/mol. The number of anilines is 1. The van der Waals surface area contributed by atoms with Crippen LogP contribution >= 0.6 is 0 Å². The van der Waals surface area contributed by atoms with E-state index in [4.69, 9.17) is 4.74 Å². The molecule has 1 atom stereocenters. The summed E-state index contributed by atoms with van der Waals surface area (Å²) in [5.41, 5.74) is -0.0581. The minimum atomic E-state index is -0.459. The van der Waals surface area contributed by atoms with Gasteiger partial charge in [-0.05, 0) is 45.2 Å². The van der Waals surface area contributed by atoms with Crippen LogP contribution < -0.4 is 15.0 Å². The van der Waals surface area contributed by atoms with Crippen molar-refractivity contribution >= 4 is 11.4 Å². The van der Waals surface area contributed by atoms with Crippen LogP contribution in [0.5, 0.6) is 5.75 Å². The van der Waals surface area contributed by atoms with Crippen molar-refractivity contribution in [1.82, 2.24) is 5.32 Å². The molecule has 0 spiro atoms. The summed E-state index contributed by atoms with van der Waals surface area (Å²) in [7, 11) is 0. The van der Waals surface area contributed by atoms with Crippen molar-refractivity contribution < 1.29 is 9.66 Å². The molecule has 1 N–H and O–H groups in total. The molecule has 0 saturated heterocycles. The molecule has 1 unspecified atom stereocenters. The van der Waals surface area contributed by atoms with Crippen LogP contribution in [0.15, 0.2) is 42.6 Å². The van der Waals surface area contributed by atoms with Crippen LogP contribution in [0.1, 0.15) is 20.8 Å². The molecule has 0 amide bonds. The van der Waals surface area contributed by atoms with Crippen LogP contribution in [0.2, 0.25) is 0 Å². The predicted molar refractivity (Wildman–Crippen MR) is 85.0 cm³/mol. The van der Waals surface area contributed by atoms with Crippen LogP contribution in [-0.4, -0.2) is 22.7 Å². The Morgan fingerprint density at radius 1 is 1.32 bits per heavy atom. The monoisotopic (exact) mass is 301 g/mol. The van der Waals surface area contributed by atoms with E-state index >= 15 is 0 Å². The van der Waals surface area contributed by atoms with E-state index in [1.165, 1.54) is 6.07 Å². The summed E-state index contributed by atoms with van der Waals surface area (Å²) in [6, 6.07) is 4.72. The summed E-state index contributed by atoms with van der Waals surface area (Å²) >= 11 is 0. The Kier molecular flexibility index (Phi) is 3.12. The summed E-state index contributed by atoms with van der Waals surface area (Å²) in [4.78, 5) is 12.8. The Bertz CT molecular complexity index is 681. The minimum Gasteiger partial charge on any atom is -0.484 e. The van der Waals surface area contributed by atoms with E-state index in [1.807, 2.05) is 45.2 Å². The third-order valence-electron chi connectivity index (χ3n) is 3.93. The number of hydrogen-bond donors (Lipinski definition) is 1. The lowest BCUT2D eigenvalue weighted by molar-refractivity contribution is -0.384. The number of hydrogen-bond acceptors (Lipinski definition) is 5. The maximum absolute atomic E-state index is 11.1. The molecule has 2 heterocycles. The lowest BCUT2D eigenvalue weighted by Gasteiger charge is -2.49. The van der Waals surface area contributed by atoms with Gasteiger partial charge in [-0.1, -0.05) is 6.08 Å². The molecule has 6 nitrogen and oxygen atoms in total. The molecule has 1 aromatic carbocycles. The number of nitro benzene ring substituents is 1. The molecule has 0 aromatic heterocycles. The fraction of sp³-hybridized carbons (Fsp3) is 0.375. The van der Waals surface area contributed by atoms with Crippen molar-refractivity contribution in [3.63, 3.8) is 0 Å². The van der Waals surface area contributed by atoms with E-state index in [0.29, 0.717) is 12.3 Å². The van der Waals surface area contributed by atoms with Crippen LogP contribution in [0.4, 0.5) is 11.4 Å². The van der Waals surface area contributed by atoms with Gasteiger partial charge in [0.15, 0.2) is 0 Å². The molecule has 22 heavy (non-hydrogen) atoms. The number of benzene rings is 1. The molecule has 6 heteroatoms. The zero-order chi connectivity index (χ0) is 16.0. The van der Waals surface area contributed by atoms with Crippen molar-refractivity contribution in [3.05, 3.63) is 52.7 Å².